The van der Waals surface area contributed by atoms with Crippen LogP contribution in [0.3, 0.4) is 0 Å². The van der Waals surface area contributed by atoms with Crippen molar-refractivity contribution in [2.24, 2.45) is 0 Å². The molecule has 4 heterocycles. The van der Waals surface area contributed by atoms with Crippen molar-refractivity contribution in [3.05, 3.63) is 123 Å². The molecule has 4 aromatic heterocycles. The molecule has 0 unspecified atom stereocenters. The molecular weight excluding hydrogens is 616 g/mol. The Hall–Kier alpha value is -5.20. The van der Waals surface area contributed by atoms with Crippen molar-refractivity contribution < 1.29 is 13.9 Å². The highest BCUT2D eigenvalue weighted by molar-refractivity contribution is 5.77. The largest absolute Gasteiger partial charge is 0.508 e. The van der Waals surface area contributed by atoms with E-state index in [-0.39, 0.29) is 34.7 Å². The van der Waals surface area contributed by atoms with E-state index >= 15 is 0 Å². The smallest absolute Gasteiger partial charge is 0.337 e. The lowest BCUT2D eigenvalue weighted by atomic mass is 9.91. The molecule has 0 atom stereocenters. The zero-order valence-electron chi connectivity index (χ0n) is 26.6. The monoisotopic (exact) mass is 651 g/mol. The van der Waals surface area contributed by atoms with E-state index in [2.05, 4.69) is 15.3 Å². The Morgan fingerprint density at radius 2 is 1.77 bits per heavy atom. The summed E-state index contributed by atoms with van der Waals surface area (Å²) < 4.78 is 32.4. The lowest BCUT2D eigenvalue weighted by Gasteiger charge is -2.30. The summed E-state index contributed by atoms with van der Waals surface area (Å²) in [4.78, 5) is 38.9. The van der Waals surface area contributed by atoms with E-state index in [9.17, 15) is 23.5 Å². The number of rotatable bonds is 8. The van der Waals surface area contributed by atoms with Crippen molar-refractivity contribution in [2.75, 3.05) is 14.1 Å². The van der Waals surface area contributed by atoms with E-state index in [0.717, 1.165) is 34.6 Å². The summed E-state index contributed by atoms with van der Waals surface area (Å²) in [5.41, 5.74) is 3.53. The van der Waals surface area contributed by atoms with Crippen LogP contribution in [0.5, 0.6) is 5.75 Å². The molecule has 48 heavy (non-hydrogen) atoms. The molecule has 2 N–H and O–H groups in total. The van der Waals surface area contributed by atoms with Gasteiger partial charge in [-0.05, 0) is 98.9 Å². The van der Waals surface area contributed by atoms with Gasteiger partial charge in [0.05, 0.1) is 23.0 Å². The molecule has 0 spiro atoms. The van der Waals surface area contributed by atoms with Crippen LogP contribution in [0.15, 0.2) is 88.8 Å². The Labute approximate surface area is 274 Å². The predicted octanol–water partition coefficient (Wildman–Crippen LogP) is 5.18. The van der Waals surface area contributed by atoms with Gasteiger partial charge in [0.2, 0.25) is 0 Å². The molecule has 246 valence electrons. The van der Waals surface area contributed by atoms with E-state index < -0.39 is 17.1 Å². The van der Waals surface area contributed by atoms with E-state index in [1.165, 1.54) is 21.4 Å². The van der Waals surface area contributed by atoms with Crippen LogP contribution >= 0.6 is 0 Å². The first-order chi connectivity index (χ1) is 23.1. The number of hydrogen-bond acceptors (Lipinski definition) is 7. The molecular formula is C36H35F2N7O3. The van der Waals surface area contributed by atoms with Crippen molar-refractivity contribution in [1.29, 1.82) is 0 Å². The van der Waals surface area contributed by atoms with Crippen molar-refractivity contribution >= 4 is 16.7 Å². The minimum absolute atomic E-state index is 0.0291. The fourth-order valence-electron chi connectivity index (χ4n) is 6.77. The number of phenolic OH excluding ortho intramolecular Hbond substituents is 1. The van der Waals surface area contributed by atoms with Crippen molar-refractivity contribution in [3.8, 4) is 22.6 Å². The fourth-order valence-corrected chi connectivity index (χ4v) is 6.77. The lowest BCUT2D eigenvalue weighted by molar-refractivity contribution is 0.279. The van der Waals surface area contributed by atoms with Crippen molar-refractivity contribution in [1.82, 2.24) is 33.7 Å². The van der Waals surface area contributed by atoms with Crippen LogP contribution in [0.25, 0.3) is 33.5 Å². The summed E-state index contributed by atoms with van der Waals surface area (Å²) in [5, 5.41) is 13.7. The van der Waals surface area contributed by atoms with E-state index in [0.29, 0.717) is 50.1 Å². The maximum atomic E-state index is 14.5. The second-order valence-electron chi connectivity index (χ2n) is 12.7. The molecule has 1 fully saturated rings. The first kappa shape index (κ1) is 31.4. The van der Waals surface area contributed by atoms with Crippen LogP contribution in [0.1, 0.15) is 43.0 Å². The van der Waals surface area contributed by atoms with Gasteiger partial charge in [-0.1, -0.05) is 18.2 Å². The van der Waals surface area contributed by atoms with Gasteiger partial charge < -0.3 is 19.7 Å². The van der Waals surface area contributed by atoms with Gasteiger partial charge in [0.15, 0.2) is 5.65 Å². The molecule has 0 amide bonds. The van der Waals surface area contributed by atoms with Gasteiger partial charge in [-0.15, -0.1) is 0 Å². The highest BCUT2D eigenvalue weighted by Gasteiger charge is 2.27. The average Bonchev–Trinajstić information content (AvgIpc) is 3.47. The summed E-state index contributed by atoms with van der Waals surface area (Å²) in [7, 11) is 3.89. The number of nitrogens with zero attached hydrogens (tertiary/aromatic N) is 6. The van der Waals surface area contributed by atoms with Gasteiger partial charge in [-0.3, -0.25) is 9.36 Å². The lowest BCUT2D eigenvalue weighted by Crippen LogP contribution is -2.44. The second-order valence-corrected chi connectivity index (χ2v) is 12.7. The summed E-state index contributed by atoms with van der Waals surface area (Å²) in [6.45, 7) is 1.08. The normalized spacial score (nSPS) is 16.7. The number of hydrogen-bond donors (Lipinski definition) is 2. The summed E-state index contributed by atoms with van der Waals surface area (Å²) in [6.07, 6.45) is 6.75. The minimum atomic E-state index is -0.662. The summed E-state index contributed by atoms with van der Waals surface area (Å²) >= 11 is 0. The molecule has 2 aromatic carbocycles. The molecule has 12 heteroatoms. The number of benzene rings is 2. The van der Waals surface area contributed by atoms with Crippen LogP contribution in [-0.2, 0) is 13.1 Å². The van der Waals surface area contributed by atoms with Gasteiger partial charge >= 0.3 is 5.69 Å². The van der Waals surface area contributed by atoms with Crippen molar-refractivity contribution in [2.45, 2.75) is 50.9 Å². The van der Waals surface area contributed by atoms with Gasteiger partial charge in [-0.2, -0.15) is 0 Å². The van der Waals surface area contributed by atoms with Crippen LogP contribution in [0.2, 0.25) is 0 Å². The Kier molecular flexibility index (Phi) is 8.36. The number of halogens is 2. The average molecular weight is 652 g/mol. The van der Waals surface area contributed by atoms with Gasteiger partial charge in [0, 0.05) is 37.6 Å². The second kappa shape index (κ2) is 12.8. The summed E-state index contributed by atoms with van der Waals surface area (Å²) in [6, 6.07) is 16.4. The van der Waals surface area contributed by atoms with Gasteiger partial charge in [0.25, 0.3) is 5.56 Å². The maximum Gasteiger partial charge on any atom is 0.337 e. The fraction of sp³-hybridized carbons (Fsp3) is 0.278. The number of phenols is 1. The third-order valence-corrected chi connectivity index (χ3v) is 8.98. The molecule has 7 rings (SSSR count). The Morgan fingerprint density at radius 1 is 0.958 bits per heavy atom. The Bertz CT molecular complexity index is 2270. The molecule has 6 aromatic rings. The Balaban J connectivity index is 1.20. The third-order valence-electron chi connectivity index (χ3n) is 8.98. The van der Waals surface area contributed by atoms with E-state index in [1.54, 1.807) is 34.9 Å². The standard InChI is InChI=1S/C36H35F2N7O3/c1-42(2)19-23-15-30(46)11-12-31(23)22-4-3-5-29(14-22)44-34-32(16-25(38)17-40-34)35(47)45(36(44)48)28-9-7-26(8-10-28)39-18-27-21-43-20-24(37)6-13-33(43)41-27/h3-6,11-17,20-21,26,28,39,46H,7-10,18-19H2,1-2H3. The number of aromatic hydroxyl groups is 1. The Morgan fingerprint density at radius 3 is 2.56 bits per heavy atom. The van der Waals surface area contributed by atoms with Gasteiger partial charge in [-0.25, -0.2) is 28.1 Å². The first-order valence-corrected chi connectivity index (χ1v) is 15.9. The first-order valence-electron chi connectivity index (χ1n) is 15.9. The topological polar surface area (TPSA) is 110 Å². The molecule has 0 bridgehead atoms. The maximum absolute atomic E-state index is 14.5. The molecule has 1 aliphatic carbocycles. The van der Waals surface area contributed by atoms with Crippen LogP contribution < -0.4 is 16.6 Å². The third kappa shape index (κ3) is 6.12. The predicted molar refractivity (Wildman–Crippen MR) is 179 cm³/mol. The van der Waals surface area contributed by atoms with Gasteiger partial charge in [0.1, 0.15) is 23.0 Å². The van der Waals surface area contributed by atoms with Crippen LogP contribution in [0, 0.1) is 11.6 Å². The number of imidazole rings is 1. The molecule has 1 aliphatic rings. The molecule has 0 aliphatic heterocycles. The zero-order valence-corrected chi connectivity index (χ0v) is 26.6. The van der Waals surface area contributed by atoms with E-state index in [4.69, 9.17) is 0 Å². The minimum Gasteiger partial charge on any atom is -0.508 e. The zero-order chi connectivity index (χ0) is 33.5. The van der Waals surface area contributed by atoms with E-state index in [1.807, 2.05) is 43.3 Å². The van der Waals surface area contributed by atoms with Crippen LogP contribution in [-0.4, -0.2) is 53.6 Å². The number of pyridine rings is 2. The summed E-state index contributed by atoms with van der Waals surface area (Å²) in [5.74, 6) is -0.840. The molecule has 10 nitrogen and oxygen atoms in total. The van der Waals surface area contributed by atoms with Crippen molar-refractivity contribution in [3.63, 3.8) is 0 Å². The highest BCUT2D eigenvalue weighted by Crippen LogP contribution is 2.31. The number of aromatic nitrogens is 5. The van der Waals surface area contributed by atoms with Crippen LogP contribution in [0.4, 0.5) is 8.78 Å². The highest BCUT2D eigenvalue weighted by atomic mass is 19.1. The number of fused-ring (bicyclic) bond motifs is 2. The quantitative estimate of drug-likeness (QED) is 0.234. The number of nitrogens with one attached hydrogen (secondary N) is 1. The molecule has 0 saturated heterocycles. The SMILES string of the molecule is CN(C)Cc1cc(O)ccc1-c1cccc(-n2c(=O)n(C3CCC(NCc4cn5cc(F)ccc5n4)CC3)c(=O)c3cc(F)cnc32)c1. The molecule has 1 saturated carbocycles. The molecule has 0 radical (unpaired) electrons.